The number of methoxy groups -OCH3 is 1. The Labute approximate surface area is 193 Å². The van der Waals surface area contributed by atoms with Crippen LogP contribution in [0.15, 0.2) is 35.8 Å². The monoisotopic (exact) mass is 453 g/mol. The highest BCUT2D eigenvalue weighted by molar-refractivity contribution is 7.13. The summed E-state index contributed by atoms with van der Waals surface area (Å²) in [6.07, 6.45) is 4.47. The van der Waals surface area contributed by atoms with Crippen molar-refractivity contribution in [3.8, 4) is 5.75 Å². The average molecular weight is 454 g/mol. The molecule has 0 saturated carbocycles. The van der Waals surface area contributed by atoms with Crippen LogP contribution in [0.1, 0.15) is 25.0 Å². The van der Waals surface area contributed by atoms with Gasteiger partial charge in [-0.25, -0.2) is 4.98 Å². The minimum Gasteiger partial charge on any atom is -0.494 e. The molecule has 1 N–H and O–H groups in total. The molecule has 0 unspecified atom stereocenters. The highest BCUT2D eigenvalue weighted by Gasteiger charge is 2.23. The van der Waals surface area contributed by atoms with Crippen molar-refractivity contribution in [3.63, 3.8) is 0 Å². The fourth-order valence-corrected chi connectivity index (χ4v) is 5.60. The largest absolute Gasteiger partial charge is 0.494 e. The zero-order valence-corrected chi connectivity index (χ0v) is 19.4. The Bertz CT molecular complexity index is 1050. The SMILES string of the molecule is COc1ccc2cccnc2c1N1CCCN(Cc2csc(N3CCC(O)CC3)n2)CC1. The molecule has 0 aliphatic carbocycles. The smallest absolute Gasteiger partial charge is 0.185 e. The first-order chi connectivity index (χ1) is 15.7. The number of aliphatic hydroxyl groups is 1. The number of benzene rings is 1. The summed E-state index contributed by atoms with van der Waals surface area (Å²) in [4.78, 5) is 16.8. The van der Waals surface area contributed by atoms with Crippen LogP contribution < -0.4 is 14.5 Å². The van der Waals surface area contributed by atoms with E-state index in [-0.39, 0.29) is 6.10 Å². The molecular formula is C24H31N5O2S. The molecule has 3 aromatic rings. The van der Waals surface area contributed by atoms with Crippen molar-refractivity contribution in [2.24, 2.45) is 0 Å². The van der Waals surface area contributed by atoms with E-state index in [9.17, 15) is 5.11 Å². The molecule has 0 atom stereocenters. The number of aliphatic hydroxyl groups excluding tert-OH is 1. The first-order valence-electron chi connectivity index (χ1n) is 11.5. The topological polar surface area (TPSA) is 65.0 Å². The molecule has 8 heteroatoms. The lowest BCUT2D eigenvalue weighted by atomic mass is 10.1. The molecule has 5 rings (SSSR count). The highest BCUT2D eigenvalue weighted by atomic mass is 32.1. The van der Waals surface area contributed by atoms with Gasteiger partial charge in [-0.2, -0.15) is 0 Å². The quantitative estimate of drug-likeness (QED) is 0.635. The molecule has 0 bridgehead atoms. The first kappa shape index (κ1) is 21.4. The molecule has 4 heterocycles. The Morgan fingerprint density at radius 2 is 1.94 bits per heavy atom. The third-order valence-electron chi connectivity index (χ3n) is 6.50. The number of pyridine rings is 1. The third-order valence-corrected chi connectivity index (χ3v) is 7.45. The molecule has 0 radical (unpaired) electrons. The Morgan fingerprint density at radius 1 is 1.06 bits per heavy atom. The van der Waals surface area contributed by atoms with Crippen LogP contribution in [0.3, 0.4) is 0 Å². The van der Waals surface area contributed by atoms with Crippen LogP contribution in [0.4, 0.5) is 10.8 Å². The van der Waals surface area contributed by atoms with Crippen molar-refractivity contribution in [1.82, 2.24) is 14.9 Å². The average Bonchev–Trinajstić information content (AvgIpc) is 3.17. The van der Waals surface area contributed by atoms with Crippen molar-refractivity contribution in [2.45, 2.75) is 31.9 Å². The maximum Gasteiger partial charge on any atom is 0.185 e. The summed E-state index contributed by atoms with van der Waals surface area (Å²) in [5.74, 6) is 0.889. The van der Waals surface area contributed by atoms with Gasteiger partial charge in [0.2, 0.25) is 0 Å². The van der Waals surface area contributed by atoms with E-state index in [1.54, 1.807) is 18.4 Å². The van der Waals surface area contributed by atoms with Crippen molar-refractivity contribution in [1.29, 1.82) is 0 Å². The predicted molar refractivity (Wildman–Crippen MR) is 130 cm³/mol. The van der Waals surface area contributed by atoms with Gasteiger partial charge in [0.1, 0.15) is 11.4 Å². The number of piperidine rings is 1. The molecule has 7 nitrogen and oxygen atoms in total. The summed E-state index contributed by atoms with van der Waals surface area (Å²) < 4.78 is 5.71. The van der Waals surface area contributed by atoms with E-state index < -0.39 is 0 Å². The lowest BCUT2D eigenvalue weighted by molar-refractivity contribution is 0.145. The fraction of sp³-hybridized carbons (Fsp3) is 0.500. The summed E-state index contributed by atoms with van der Waals surface area (Å²) in [5.41, 5.74) is 3.26. The van der Waals surface area contributed by atoms with Crippen molar-refractivity contribution in [3.05, 3.63) is 41.5 Å². The molecule has 2 saturated heterocycles. The highest BCUT2D eigenvalue weighted by Crippen LogP contribution is 2.35. The zero-order valence-electron chi connectivity index (χ0n) is 18.6. The van der Waals surface area contributed by atoms with E-state index in [2.05, 4.69) is 43.3 Å². The Morgan fingerprint density at radius 3 is 2.78 bits per heavy atom. The summed E-state index contributed by atoms with van der Waals surface area (Å²) in [5, 5.41) is 14.2. The Balaban J connectivity index is 1.26. The lowest BCUT2D eigenvalue weighted by Crippen LogP contribution is -2.35. The molecule has 1 aromatic carbocycles. The molecule has 0 amide bonds. The number of rotatable bonds is 5. The van der Waals surface area contributed by atoms with Gasteiger partial charge in [0.15, 0.2) is 5.13 Å². The Hall–Kier alpha value is -2.42. The third kappa shape index (κ3) is 4.53. The van der Waals surface area contributed by atoms with Crippen LogP contribution in [-0.4, -0.2) is 72.5 Å². The number of hydrogen-bond donors (Lipinski definition) is 1. The van der Waals surface area contributed by atoms with E-state index in [0.29, 0.717) is 0 Å². The normalized spacial score (nSPS) is 18.8. The number of aromatic nitrogens is 2. The van der Waals surface area contributed by atoms with E-state index in [0.717, 1.165) is 98.2 Å². The van der Waals surface area contributed by atoms with Gasteiger partial charge in [-0.15, -0.1) is 11.3 Å². The van der Waals surface area contributed by atoms with E-state index in [1.165, 1.54) is 0 Å². The van der Waals surface area contributed by atoms with Crippen molar-refractivity contribution < 1.29 is 9.84 Å². The van der Waals surface area contributed by atoms with Gasteiger partial charge in [0.05, 0.1) is 24.4 Å². The molecule has 170 valence electrons. The van der Waals surface area contributed by atoms with Crippen molar-refractivity contribution in [2.75, 3.05) is 56.2 Å². The zero-order chi connectivity index (χ0) is 21.9. The van der Waals surface area contributed by atoms with Gasteiger partial charge >= 0.3 is 0 Å². The van der Waals surface area contributed by atoms with Crippen LogP contribution in [0.25, 0.3) is 10.9 Å². The number of anilines is 2. The summed E-state index contributed by atoms with van der Waals surface area (Å²) in [7, 11) is 1.74. The Kier molecular flexibility index (Phi) is 6.43. The number of nitrogens with zero attached hydrogens (tertiary/aromatic N) is 5. The number of fused-ring (bicyclic) bond motifs is 1. The van der Waals surface area contributed by atoms with Gasteiger partial charge in [0, 0.05) is 62.8 Å². The second-order valence-corrected chi connectivity index (χ2v) is 9.48. The molecule has 32 heavy (non-hydrogen) atoms. The maximum atomic E-state index is 9.75. The van der Waals surface area contributed by atoms with Gasteiger partial charge in [-0.1, -0.05) is 6.07 Å². The van der Waals surface area contributed by atoms with Crippen LogP contribution in [0.2, 0.25) is 0 Å². The maximum absolute atomic E-state index is 9.75. The summed E-state index contributed by atoms with van der Waals surface area (Å²) in [6, 6.07) is 8.23. The van der Waals surface area contributed by atoms with Gasteiger partial charge < -0.3 is 19.6 Å². The van der Waals surface area contributed by atoms with Crippen LogP contribution >= 0.6 is 11.3 Å². The molecule has 2 aliphatic heterocycles. The first-order valence-corrected chi connectivity index (χ1v) is 12.4. The summed E-state index contributed by atoms with van der Waals surface area (Å²) in [6.45, 7) is 6.63. The van der Waals surface area contributed by atoms with Gasteiger partial charge in [-0.05, 0) is 37.5 Å². The van der Waals surface area contributed by atoms with E-state index >= 15 is 0 Å². The number of hydrogen-bond acceptors (Lipinski definition) is 8. The number of ether oxygens (including phenoxy) is 1. The van der Waals surface area contributed by atoms with Crippen LogP contribution in [0, 0.1) is 0 Å². The molecule has 2 aromatic heterocycles. The fourth-order valence-electron chi connectivity index (χ4n) is 4.73. The molecule has 2 aliphatic rings. The standard InChI is InChI=1S/C24H31N5O2S/c1-31-21-6-5-18-4-2-9-25-22(18)23(21)28-11-3-10-27(14-15-28)16-19-17-32-24(26-19)29-12-7-20(30)8-13-29/h2,4-6,9,17,20,30H,3,7-8,10-16H2,1H3. The molecule has 0 spiro atoms. The minimum absolute atomic E-state index is 0.152. The second-order valence-electron chi connectivity index (χ2n) is 8.65. The molecular weight excluding hydrogens is 422 g/mol. The second kappa shape index (κ2) is 9.60. The molecule has 2 fully saturated rings. The van der Waals surface area contributed by atoms with Crippen LogP contribution in [-0.2, 0) is 6.54 Å². The van der Waals surface area contributed by atoms with E-state index in [4.69, 9.17) is 9.72 Å². The van der Waals surface area contributed by atoms with E-state index in [1.807, 2.05) is 12.3 Å². The lowest BCUT2D eigenvalue weighted by Gasteiger charge is -2.29. The van der Waals surface area contributed by atoms with Gasteiger partial charge in [-0.3, -0.25) is 9.88 Å². The van der Waals surface area contributed by atoms with Gasteiger partial charge in [0.25, 0.3) is 0 Å². The predicted octanol–water partition coefficient (Wildman–Crippen LogP) is 3.37. The number of thiazole rings is 1. The minimum atomic E-state index is -0.152. The van der Waals surface area contributed by atoms with Crippen LogP contribution in [0.5, 0.6) is 5.75 Å². The summed E-state index contributed by atoms with van der Waals surface area (Å²) >= 11 is 1.73. The van der Waals surface area contributed by atoms with Crippen molar-refractivity contribution >= 4 is 33.1 Å².